The van der Waals surface area contributed by atoms with Gasteiger partial charge in [0.15, 0.2) is 0 Å². The molecule has 0 aliphatic carbocycles. The van der Waals surface area contributed by atoms with Gasteiger partial charge in [0, 0.05) is 15.2 Å². The normalized spacial score (nSPS) is 12.3. The molecule has 2 heterocycles. The van der Waals surface area contributed by atoms with Gasteiger partial charge in [-0.25, -0.2) is 4.98 Å². The third kappa shape index (κ3) is 1.58. The Bertz CT molecular complexity index is 475. The molecule has 0 bridgehead atoms. The standard InChI is InChI=1S/C8H4F3IN2/c9-8(10,11)7-1-4-5(12)2-13-6(4)3-14-7/h1-3,13H. The van der Waals surface area contributed by atoms with E-state index in [0.717, 1.165) is 9.64 Å². The van der Waals surface area contributed by atoms with Crippen LogP contribution >= 0.6 is 22.6 Å². The van der Waals surface area contributed by atoms with Crippen molar-refractivity contribution in [3.05, 3.63) is 27.7 Å². The molecule has 0 atom stereocenters. The molecule has 1 N–H and O–H groups in total. The van der Waals surface area contributed by atoms with Gasteiger partial charge < -0.3 is 4.98 Å². The van der Waals surface area contributed by atoms with Gasteiger partial charge in [-0.15, -0.1) is 0 Å². The van der Waals surface area contributed by atoms with E-state index >= 15 is 0 Å². The quantitative estimate of drug-likeness (QED) is 0.744. The fourth-order valence-corrected chi connectivity index (χ4v) is 1.74. The lowest BCUT2D eigenvalue weighted by Crippen LogP contribution is -2.07. The van der Waals surface area contributed by atoms with Gasteiger partial charge in [0.05, 0.1) is 11.7 Å². The highest BCUT2D eigenvalue weighted by atomic mass is 127. The second-order valence-electron chi connectivity index (χ2n) is 2.75. The third-order valence-corrected chi connectivity index (χ3v) is 2.70. The summed E-state index contributed by atoms with van der Waals surface area (Å²) in [5, 5.41) is 0.549. The number of H-pyrrole nitrogens is 1. The first-order chi connectivity index (χ1) is 6.48. The van der Waals surface area contributed by atoms with E-state index in [1.165, 1.54) is 6.20 Å². The third-order valence-electron chi connectivity index (χ3n) is 1.81. The Morgan fingerprint density at radius 1 is 1.36 bits per heavy atom. The van der Waals surface area contributed by atoms with Gasteiger partial charge in [-0.05, 0) is 28.7 Å². The maximum absolute atomic E-state index is 12.3. The highest BCUT2D eigenvalue weighted by Gasteiger charge is 2.32. The first-order valence-electron chi connectivity index (χ1n) is 3.68. The molecule has 14 heavy (non-hydrogen) atoms. The Labute approximate surface area is 90.7 Å². The molecule has 6 heteroatoms. The Morgan fingerprint density at radius 2 is 2.07 bits per heavy atom. The summed E-state index contributed by atoms with van der Waals surface area (Å²) < 4.78 is 37.6. The molecule has 2 aromatic rings. The second kappa shape index (κ2) is 3.11. The lowest BCUT2D eigenvalue weighted by molar-refractivity contribution is -0.141. The number of aromatic nitrogens is 2. The molecule has 0 amide bonds. The number of nitrogens with zero attached hydrogens (tertiary/aromatic N) is 1. The highest BCUT2D eigenvalue weighted by molar-refractivity contribution is 14.1. The van der Waals surface area contributed by atoms with E-state index in [0.29, 0.717) is 10.9 Å². The van der Waals surface area contributed by atoms with E-state index in [2.05, 4.69) is 9.97 Å². The minimum Gasteiger partial charge on any atom is -0.359 e. The van der Waals surface area contributed by atoms with Crippen LogP contribution in [0.3, 0.4) is 0 Å². The van der Waals surface area contributed by atoms with Gasteiger partial charge >= 0.3 is 6.18 Å². The molecule has 0 saturated heterocycles. The van der Waals surface area contributed by atoms with Gasteiger partial charge in [-0.2, -0.15) is 13.2 Å². The summed E-state index contributed by atoms with van der Waals surface area (Å²) in [5.74, 6) is 0. The molecule has 0 spiro atoms. The molecular weight excluding hydrogens is 308 g/mol. The van der Waals surface area contributed by atoms with Crippen molar-refractivity contribution in [2.24, 2.45) is 0 Å². The molecule has 0 aromatic carbocycles. The first-order valence-corrected chi connectivity index (χ1v) is 4.76. The van der Waals surface area contributed by atoms with Crippen LogP contribution in [0.1, 0.15) is 5.69 Å². The van der Waals surface area contributed by atoms with Crippen molar-refractivity contribution < 1.29 is 13.2 Å². The SMILES string of the molecule is FC(F)(F)c1cc2c(I)c[nH]c2cn1. The lowest BCUT2D eigenvalue weighted by atomic mass is 10.2. The fourth-order valence-electron chi connectivity index (χ4n) is 1.14. The monoisotopic (exact) mass is 312 g/mol. The molecule has 2 rings (SSSR count). The van der Waals surface area contributed by atoms with Gasteiger partial charge in [0.2, 0.25) is 0 Å². The zero-order valence-electron chi connectivity index (χ0n) is 6.69. The largest absolute Gasteiger partial charge is 0.433 e. The summed E-state index contributed by atoms with van der Waals surface area (Å²) in [4.78, 5) is 6.16. The second-order valence-corrected chi connectivity index (χ2v) is 3.91. The zero-order valence-corrected chi connectivity index (χ0v) is 8.85. The lowest BCUT2D eigenvalue weighted by Gasteiger charge is -2.04. The van der Waals surface area contributed by atoms with Crippen LogP contribution in [0, 0.1) is 3.57 Å². The summed E-state index contributed by atoms with van der Waals surface area (Å²) in [6, 6.07) is 1.05. The van der Waals surface area contributed by atoms with E-state index in [1.54, 1.807) is 6.20 Å². The average molecular weight is 312 g/mol. The molecule has 2 aromatic heterocycles. The van der Waals surface area contributed by atoms with E-state index in [-0.39, 0.29) is 0 Å². The number of hydrogen-bond acceptors (Lipinski definition) is 1. The summed E-state index contributed by atoms with van der Waals surface area (Å²) >= 11 is 1.97. The Morgan fingerprint density at radius 3 is 2.71 bits per heavy atom. The number of halogens is 4. The van der Waals surface area contributed by atoms with E-state index in [9.17, 15) is 13.2 Å². The van der Waals surface area contributed by atoms with Crippen molar-refractivity contribution in [3.63, 3.8) is 0 Å². The molecular formula is C8H4F3IN2. The number of nitrogens with one attached hydrogen (secondary N) is 1. The van der Waals surface area contributed by atoms with Crippen LogP contribution < -0.4 is 0 Å². The minimum atomic E-state index is -4.38. The van der Waals surface area contributed by atoms with Crippen molar-refractivity contribution in [1.82, 2.24) is 9.97 Å². The smallest absolute Gasteiger partial charge is 0.359 e. The van der Waals surface area contributed by atoms with Gasteiger partial charge in [-0.1, -0.05) is 0 Å². The predicted octanol–water partition coefficient (Wildman–Crippen LogP) is 3.19. The first kappa shape index (κ1) is 9.75. The maximum atomic E-state index is 12.3. The van der Waals surface area contributed by atoms with Crippen LogP contribution in [0.15, 0.2) is 18.5 Å². The van der Waals surface area contributed by atoms with E-state index < -0.39 is 11.9 Å². The van der Waals surface area contributed by atoms with Gasteiger partial charge in [-0.3, -0.25) is 0 Å². The molecule has 0 unspecified atom stereocenters. The van der Waals surface area contributed by atoms with Crippen LogP contribution in [0.5, 0.6) is 0 Å². The Balaban J connectivity index is 2.66. The molecule has 0 aliphatic heterocycles. The van der Waals surface area contributed by atoms with Crippen LogP contribution in [0.25, 0.3) is 10.9 Å². The average Bonchev–Trinajstić information content (AvgIpc) is 2.46. The van der Waals surface area contributed by atoms with Crippen molar-refractivity contribution in [1.29, 1.82) is 0 Å². The molecule has 0 radical (unpaired) electrons. The van der Waals surface area contributed by atoms with Crippen LogP contribution in [0.2, 0.25) is 0 Å². The predicted molar refractivity (Wildman–Crippen MR) is 53.8 cm³/mol. The van der Waals surface area contributed by atoms with Crippen molar-refractivity contribution in [2.45, 2.75) is 6.18 Å². The summed E-state index contributed by atoms with van der Waals surface area (Å²) in [5.41, 5.74) is -0.245. The van der Waals surface area contributed by atoms with Crippen molar-refractivity contribution >= 4 is 33.5 Å². The van der Waals surface area contributed by atoms with Crippen LogP contribution in [-0.2, 0) is 6.18 Å². The Hall–Kier alpha value is -0.790. The molecule has 0 fully saturated rings. The molecule has 0 saturated carbocycles. The van der Waals surface area contributed by atoms with Gasteiger partial charge in [0.1, 0.15) is 5.69 Å². The summed E-state index contributed by atoms with van der Waals surface area (Å²) in [6.45, 7) is 0. The Kier molecular flexibility index (Phi) is 2.17. The fraction of sp³-hybridized carbons (Fsp3) is 0.125. The number of pyridine rings is 1. The molecule has 74 valence electrons. The van der Waals surface area contributed by atoms with Crippen molar-refractivity contribution in [2.75, 3.05) is 0 Å². The van der Waals surface area contributed by atoms with E-state index in [1.807, 2.05) is 22.6 Å². The minimum absolute atomic E-state index is 0.549. The van der Waals surface area contributed by atoms with Crippen molar-refractivity contribution in [3.8, 4) is 0 Å². The summed E-state index contributed by atoms with van der Waals surface area (Å²) in [6.07, 6.45) is -1.54. The van der Waals surface area contributed by atoms with Crippen LogP contribution in [-0.4, -0.2) is 9.97 Å². The highest BCUT2D eigenvalue weighted by Crippen LogP contribution is 2.30. The zero-order chi connectivity index (χ0) is 10.3. The number of alkyl halides is 3. The summed E-state index contributed by atoms with van der Waals surface area (Å²) in [7, 11) is 0. The number of fused-ring (bicyclic) bond motifs is 1. The number of rotatable bonds is 0. The number of aromatic amines is 1. The number of hydrogen-bond donors (Lipinski definition) is 1. The van der Waals surface area contributed by atoms with Gasteiger partial charge in [0.25, 0.3) is 0 Å². The maximum Gasteiger partial charge on any atom is 0.433 e. The molecule has 2 nitrogen and oxygen atoms in total. The van der Waals surface area contributed by atoms with E-state index in [4.69, 9.17) is 0 Å². The topological polar surface area (TPSA) is 28.7 Å². The molecule has 0 aliphatic rings. The van der Waals surface area contributed by atoms with Crippen LogP contribution in [0.4, 0.5) is 13.2 Å².